The molecule has 0 aromatic heterocycles. The molecular formula is C26H31F17N2O4. The third-order valence-corrected chi connectivity index (χ3v) is 8.39. The molecule has 2 rings (SSSR count). The van der Waals surface area contributed by atoms with Gasteiger partial charge in [-0.1, -0.05) is 38.5 Å². The number of hydrogen-bond acceptors (Lipinski definition) is 4. The number of alkyl halides is 17. The summed E-state index contributed by atoms with van der Waals surface area (Å²) in [5.41, 5.74) is 3.35. The van der Waals surface area contributed by atoms with Gasteiger partial charge in [-0.2, -0.15) is 74.6 Å². The van der Waals surface area contributed by atoms with E-state index in [2.05, 4.69) is 4.74 Å². The molecule has 0 saturated heterocycles. The van der Waals surface area contributed by atoms with Crippen LogP contribution in [0.5, 0.6) is 0 Å². The van der Waals surface area contributed by atoms with Gasteiger partial charge in [0.15, 0.2) is 0 Å². The van der Waals surface area contributed by atoms with E-state index < -0.39 is 85.4 Å². The number of rotatable bonds is 13. The second-order valence-electron chi connectivity index (χ2n) is 11.8. The zero-order chi connectivity index (χ0) is 37.9. The van der Waals surface area contributed by atoms with Crippen molar-refractivity contribution in [1.29, 1.82) is 0 Å². The fourth-order valence-corrected chi connectivity index (χ4v) is 5.61. The molecule has 2 aliphatic carbocycles. The molecule has 0 atom stereocenters. The minimum absolute atomic E-state index is 0.0326. The summed E-state index contributed by atoms with van der Waals surface area (Å²) < 4.78 is 237. The van der Waals surface area contributed by atoms with Crippen LogP contribution in [0.25, 0.3) is 0 Å². The van der Waals surface area contributed by atoms with Crippen LogP contribution in [-0.4, -0.2) is 72.5 Å². The largest absolute Gasteiger partial charge is 0.460 e. The molecule has 0 aliphatic heterocycles. The zero-order valence-electron chi connectivity index (χ0n) is 25.0. The summed E-state index contributed by atoms with van der Waals surface area (Å²) >= 11 is 0. The summed E-state index contributed by atoms with van der Waals surface area (Å²) in [6, 6.07) is 0. The number of hydrazine groups is 1. The van der Waals surface area contributed by atoms with Gasteiger partial charge < -0.3 is 9.47 Å². The summed E-state index contributed by atoms with van der Waals surface area (Å²) in [5, 5.41) is 0. The third kappa shape index (κ3) is 8.30. The van der Waals surface area contributed by atoms with Gasteiger partial charge in [0, 0.05) is 6.42 Å². The lowest BCUT2D eigenvalue weighted by Gasteiger charge is -2.42. The van der Waals surface area contributed by atoms with Gasteiger partial charge in [-0.15, -0.1) is 0 Å². The van der Waals surface area contributed by atoms with E-state index in [1.807, 2.05) is 0 Å². The lowest BCUT2D eigenvalue weighted by molar-refractivity contribution is -0.461. The van der Waals surface area contributed by atoms with Crippen LogP contribution < -0.4 is 10.9 Å². The molecule has 2 N–H and O–H groups in total. The molecule has 0 heterocycles. The Hall–Kier alpha value is -2.65. The molecule has 0 aromatic carbocycles. The molecular weight excluding hydrogens is 727 g/mol. The molecule has 6 nitrogen and oxygen atoms in total. The SMILES string of the molecule is O=C(NNC(=O)OC(C1CCCCC1)C1CCCCC1)OCCCC(F)(F)C(F)(F)C(F)(F)C(F)(F)C(F)(F)C(F)(F)C(F)(F)C(F)(F)F. The summed E-state index contributed by atoms with van der Waals surface area (Å²) in [6.07, 6.45) is -6.93. The molecule has 2 saturated carbocycles. The van der Waals surface area contributed by atoms with Gasteiger partial charge in [0.2, 0.25) is 0 Å². The van der Waals surface area contributed by atoms with E-state index in [0.717, 1.165) is 64.2 Å². The first kappa shape index (κ1) is 42.5. The Bertz CT molecular complexity index is 1100. The number of ether oxygens (including phenoxy) is 2. The minimum atomic E-state index is -8.70. The standard InChI is InChI=1S/C26H31F17N2O4/c27-19(28,20(29,30)21(31,32)22(33,34)23(35,36)24(37,38)25(39,40)26(41,42)43)12-7-13-48-17(46)44-45-18(47)49-16(14-8-3-1-4-9-14)15-10-5-2-6-11-15/h14-16H,1-13H2,(H,44,46)(H,45,47). The number of halogens is 17. The first-order valence-electron chi connectivity index (χ1n) is 14.7. The number of hydrogen-bond donors (Lipinski definition) is 2. The van der Waals surface area contributed by atoms with Crippen molar-refractivity contribution in [2.24, 2.45) is 11.8 Å². The van der Waals surface area contributed by atoms with Crippen molar-refractivity contribution < 1.29 is 93.7 Å². The van der Waals surface area contributed by atoms with Crippen LogP contribution in [0.2, 0.25) is 0 Å². The summed E-state index contributed by atoms with van der Waals surface area (Å²) in [4.78, 5) is 24.1. The Kier molecular flexibility index (Phi) is 12.9. The molecule has 288 valence electrons. The zero-order valence-corrected chi connectivity index (χ0v) is 25.0. The quantitative estimate of drug-likeness (QED) is 0.112. The van der Waals surface area contributed by atoms with Crippen LogP contribution in [0, 0.1) is 11.8 Å². The molecule has 0 aromatic rings. The van der Waals surface area contributed by atoms with E-state index >= 15 is 0 Å². The average molecular weight is 759 g/mol. The number of amides is 2. The van der Waals surface area contributed by atoms with Crippen molar-refractivity contribution in [3.63, 3.8) is 0 Å². The molecule has 2 aliphatic rings. The predicted octanol–water partition coefficient (Wildman–Crippen LogP) is 9.67. The molecule has 0 bridgehead atoms. The summed E-state index contributed by atoms with van der Waals surface area (Å²) in [5.74, 6) is -56.9. The first-order chi connectivity index (χ1) is 22.1. The normalized spacial score (nSPS) is 18.7. The second-order valence-corrected chi connectivity index (χ2v) is 11.8. The number of nitrogens with one attached hydrogen (secondary N) is 2. The topological polar surface area (TPSA) is 76.7 Å². The van der Waals surface area contributed by atoms with Crippen LogP contribution in [0.4, 0.5) is 84.2 Å². The van der Waals surface area contributed by atoms with Gasteiger partial charge in [0.05, 0.1) is 6.61 Å². The van der Waals surface area contributed by atoms with Gasteiger partial charge in [-0.25, -0.2) is 20.4 Å². The maximum Gasteiger partial charge on any atom is 0.460 e. The highest BCUT2D eigenvalue weighted by Crippen LogP contribution is 2.64. The van der Waals surface area contributed by atoms with Crippen molar-refractivity contribution >= 4 is 12.2 Å². The molecule has 2 amide bonds. The van der Waals surface area contributed by atoms with Gasteiger partial charge in [-0.3, -0.25) is 0 Å². The van der Waals surface area contributed by atoms with Gasteiger partial charge in [0.25, 0.3) is 0 Å². The van der Waals surface area contributed by atoms with E-state index in [-0.39, 0.29) is 11.8 Å². The Morgan fingerprint density at radius 2 is 0.898 bits per heavy atom. The highest BCUT2D eigenvalue weighted by Gasteiger charge is 2.95. The maximum atomic E-state index is 14.0. The van der Waals surface area contributed by atoms with E-state index in [1.54, 1.807) is 10.9 Å². The first-order valence-corrected chi connectivity index (χ1v) is 14.7. The second kappa shape index (κ2) is 14.9. The van der Waals surface area contributed by atoms with Crippen LogP contribution in [0.3, 0.4) is 0 Å². The van der Waals surface area contributed by atoms with Crippen LogP contribution in [0.15, 0.2) is 0 Å². The van der Waals surface area contributed by atoms with Gasteiger partial charge in [0.1, 0.15) is 6.10 Å². The Morgan fingerprint density at radius 3 is 1.31 bits per heavy atom. The van der Waals surface area contributed by atoms with Crippen molar-refractivity contribution in [3.05, 3.63) is 0 Å². The lowest BCUT2D eigenvalue weighted by Crippen LogP contribution is -2.74. The predicted molar refractivity (Wildman–Crippen MR) is 131 cm³/mol. The summed E-state index contributed by atoms with van der Waals surface area (Å²) in [7, 11) is 0. The third-order valence-electron chi connectivity index (χ3n) is 8.39. The average Bonchev–Trinajstić information content (AvgIpc) is 3.00. The van der Waals surface area contributed by atoms with E-state index in [4.69, 9.17) is 4.74 Å². The Balaban J connectivity index is 2.00. The van der Waals surface area contributed by atoms with Crippen molar-refractivity contribution in [1.82, 2.24) is 10.9 Å². The Labute approximate surface area is 266 Å². The molecule has 49 heavy (non-hydrogen) atoms. The highest BCUT2D eigenvalue weighted by atomic mass is 19.4. The van der Waals surface area contributed by atoms with Crippen LogP contribution in [-0.2, 0) is 9.47 Å². The van der Waals surface area contributed by atoms with Crippen molar-refractivity contribution in [2.45, 2.75) is 131 Å². The van der Waals surface area contributed by atoms with Crippen LogP contribution in [0.1, 0.15) is 77.0 Å². The monoisotopic (exact) mass is 758 g/mol. The highest BCUT2D eigenvalue weighted by molar-refractivity contribution is 5.73. The fraction of sp³-hybridized carbons (Fsp3) is 0.923. The maximum absolute atomic E-state index is 14.0. The van der Waals surface area contributed by atoms with Crippen LogP contribution >= 0.6 is 0 Å². The van der Waals surface area contributed by atoms with Gasteiger partial charge >= 0.3 is 59.8 Å². The van der Waals surface area contributed by atoms with E-state index in [1.165, 1.54) is 0 Å². The number of carbonyl (C=O) groups excluding carboxylic acids is 2. The lowest BCUT2D eigenvalue weighted by atomic mass is 9.75. The molecule has 0 spiro atoms. The smallest absolute Gasteiger partial charge is 0.448 e. The minimum Gasteiger partial charge on any atom is -0.448 e. The van der Waals surface area contributed by atoms with Gasteiger partial charge in [-0.05, 0) is 43.9 Å². The molecule has 23 heteroatoms. The number of carbonyl (C=O) groups is 2. The van der Waals surface area contributed by atoms with Crippen molar-refractivity contribution in [3.8, 4) is 0 Å². The Morgan fingerprint density at radius 1 is 0.531 bits per heavy atom. The molecule has 0 unspecified atom stereocenters. The van der Waals surface area contributed by atoms with Crippen molar-refractivity contribution in [2.75, 3.05) is 6.61 Å². The molecule has 0 radical (unpaired) electrons. The molecule has 2 fully saturated rings. The fourth-order valence-electron chi connectivity index (χ4n) is 5.61. The van der Waals surface area contributed by atoms with E-state index in [9.17, 15) is 84.2 Å². The van der Waals surface area contributed by atoms with E-state index in [0.29, 0.717) is 0 Å². The summed E-state index contributed by atoms with van der Waals surface area (Å²) in [6.45, 7) is -1.45.